The highest BCUT2D eigenvalue weighted by Gasteiger charge is 2.43. The maximum absolute atomic E-state index is 12.7. The first kappa shape index (κ1) is 15.8. The number of hydrogen-bond donors (Lipinski definition) is 1. The average Bonchev–Trinajstić information content (AvgIpc) is 2.91. The van der Waals surface area contributed by atoms with Crippen molar-refractivity contribution < 1.29 is 4.79 Å². The summed E-state index contributed by atoms with van der Waals surface area (Å²) in [6.45, 7) is 8.81. The Balaban J connectivity index is 2.05. The van der Waals surface area contributed by atoms with Crippen molar-refractivity contribution in [2.45, 2.75) is 71.1 Å². The van der Waals surface area contributed by atoms with Crippen molar-refractivity contribution >= 4 is 5.91 Å². The summed E-state index contributed by atoms with van der Waals surface area (Å²) in [5.41, 5.74) is 0. The zero-order chi connectivity index (χ0) is 14.7. The summed E-state index contributed by atoms with van der Waals surface area (Å²) in [6, 6.07) is 0.472. The van der Waals surface area contributed by atoms with Crippen LogP contribution in [-0.4, -0.2) is 54.1 Å². The van der Waals surface area contributed by atoms with Crippen LogP contribution in [0.25, 0.3) is 0 Å². The average molecular weight is 281 g/mol. The monoisotopic (exact) mass is 281 g/mol. The van der Waals surface area contributed by atoms with Crippen LogP contribution in [0.15, 0.2) is 0 Å². The van der Waals surface area contributed by atoms with Gasteiger partial charge in [0, 0.05) is 12.6 Å². The predicted molar refractivity (Wildman–Crippen MR) is 82.4 cm³/mol. The molecule has 0 aromatic rings. The van der Waals surface area contributed by atoms with Gasteiger partial charge in [0.25, 0.3) is 0 Å². The molecule has 0 radical (unpaired) electrons. The molecule has 2 rings (SSSR count). The molecule has 2 saturated heterocycles. The Kier molecular flexibility index (Phi) is 5.44. The lowest BCUT2D eigenvalue weighted by molar-refractivity contribution is -0.132. The first-order valence-corrected chi connectivity index (χ1v) is 8.29. The lowest BCUT2D eigenvalue weighted by Crippen LogP contribution is -2.46. The second kappa shape index (κ2) is 6.90. The molecule has 4 heteroatoms. The molecule has 116 valence electrons. The van der Waals surface area contributed by atoms with Gasteiger partial charge in [0.2, 0.25) is 5.91 Å². The van der Waals surface area contributed by atoms with Crippen LogP contribution in [0.1, 0.15) is 52.9 Å². The summed E-state index contributed by atoms with van der Waals surface area (Å²) in [5.74, 6) is 0.969. The van der Waals surface area contributed by atoms with Gasteiger partial charge in [0.1, 0.15) is 0 Å². The summed E-state index contributed by atoms with van der Waals surface area (Å²) >= 11 is 0. The van der Waals surface area contributed by atoms with E-state index in [1.165, 1.54) is 0 Å². The second-order valence-corrected chi connectivity index (χ2v) is 6.96. The van der Waals surface area contributed by atoms with Crippen molar-refractivity contribution in [3.63, 3.8) is 0 Å². The fraction of sp³-hybridized carbons (Fsp3) is 0.938. The van der Waals surface area contributed by atoms with Gasteiger partial charge < -0.3 is 9.80 Å². The van der Waals surface area contributed by atoms with E-state index in [2.05, 4.69) is 42.9 Å². The summed E-state index contributed by atoms with van der Waals surface area (Å²) < 4.78 is 0. The molecule has 2 aliphatic rings. The molecule has 3 unspecified atom stereocenters. The third-order valence-corrected chi connectivity index (χ3v) is 4.58. The molecule has 2 fully saturated rings. The Morgan fingerprint density at radius 3 is 2.70 bits per heavy atom. The molecule has 0 aromatic heterocycles. The van der Waals surface area contributed by atoms with Gasteiger partial charge in [-0.15, -0.1) is 0 Å². The fourth-order valence-electron chi connectivity index (χ4n) is 3.53. The van der Waals surface area contributed by atoms with Crippen molar-refractivity contribution in [3.05, 3.63) is 0 Å². The number of nitrogens with one attached hydrogen (secondary N) is 1. The van der Waals surface area contributed by atoms with Gasteiger partial charge in [-0.3, -0.25) is 10.1 Å². The quantitative estimate of drug-likeness (QED) is 0.809. The Bertz CT molecular complexity index is 332. The highest BCUT2D eigenvalue weighted by molar-refractivity contribution is 5.84. The van der Waals surface area contributed by atoms with Gasteiger partial charge in [-0.1, -0.05) is 33.6 Å². The molecule has 2 heterocycles. The minimum Gasteiger partial charge on any atom is -0.321 e. The van der Waals surface area contributed by atoms with E-state index in [4.69, 9.17) is 0 Å². The van der Waals surface area contributed by atoms with Crippen LogP contribution < -0.4 is 5.32 Å². The Morgan fingerprint density at radius 2 is 2.15 bits per heavy atom. The van der Waals surface area contributed by atoms with Gasteiger partial charge in [-0.05, 0) is 38.8 Å². The summed E-state index contributed by atoms with van der Waals surface area (Å²) in [5, 5.41) is 3.61. The summed E-state index contributed by atoms with van der Waals surface area (Å²) in [7, 11) is 2.15. The maximum atomic E-state index is 12.7. The lowest BCUT2D eigenvalue weighted by atomic mass is 10.1. The second-order valence-electron chi connectivity index (χ2n) is 6.96. The zero-order valence-corrected chi connectivity index (χ0v) is 13.6. The molecule has 20 heavy (non-hydrogen) atoms. The van der Waals surface area contributed by atoms with Gasteiger partial charge >= 0.3 is 0 Å². The minimum absolute atomic E-state index is 0.0598. The van der Waals surface area contributed by atoms with Gasteiger partial charge in [0.15, 0.2) is 0 Å². The van der Waals surface area contributed by atoms with Gasteiger partial charge in [-0.2, -0.15) is 0 Å². The normalized spacial score (nSPS) is 31.8. The Morgan fingerprint density at radius 1 is 1.40 bits per heavy atom. The topological polar surface area (TPSA) is 35.6 Å². The van der Waals surface area contributed by atoms with E-state index in [0.29, 0.717) is 17.9 Å². The number of hydrogen-bond acceptors (Lipinski definition) is 3. The molecular formula is C16H31N3O. The van der Waals surface area contributed by atoms with Crippen LogP contribution in [0.4, 0.5) is 0 Å². The number of likely N-dealkylation sites (N-methyl/N-ethyl adjacent to an activating group) is 1. The van der Waals surface area contributed by atoms with E-state index in [1.807, 2.05) is 0 Å². The first-order chi connectivity index (χ1) is 9.52. The van der Waals surface area contributed by atoms with Crippen molar-refractivity contribution in [2.75, 3.05) is 20.1 Å². The molecule has 0 bridgehead atoms. The SMILES string of the molecule is CCCCC1NC(CC(C)C)N(C2CCN(C)C2)C1=O. The highest BCUT2D eigenvalue weighted by atomic mass is 16.2. The largest absolute Gasteiger partial charge is 0.321 e. The number of carbonyl (C=O) groups excluding carboxylic acids is 1. The van der Waals surface area contributed by atoms with Crippen LogP contribution >= 0.6 is 0 Å². The standard InChI is InChI=1S/C16H31N3O/c1-5-6-7-14-16(20)19(13-8-9-18(4)11-13)15(17-14)10-12(2)3/h12-15,17H,5-11H2,1-4H3. The molecule has 1 amide bonds. The van der Waals surface area contributed by atoms with E-state index < -0.39 is 0 Å². The van der Waals surface area contributed by atoms with Crippen LogP contribution in [0.2, 0.25) is 0 Å². The van der Waals surface area contributed by atoms with E-state index in [9.17, 15) is 4.79 Å². The zero-order valence-electron chi connectivity index (χ0n) is 13.6. The molecule has 0 saturated carbocycles. The highest BCUT2D eigenvalue weighted by Crippen LogP contribution is 2.26. The third-order valence-electron chi connectivity index (χ3n) is 4.58. The van der Waals surface area contributed by atoms with Crippen molar-refractivity contribution in [1.29, 1.82) is 0 Å². The van der Waals surface area contributed by atoms with Gasteiger partial charge in [-0.25, -0.2) is 0 Å². The summed E-state index contributed by atoms with van der Waals surface area (Å²) in [4.78, 5) is 17.3. The molecule has 1 N–H and O–H groups in total. The number of carbonyl (C=O) groups is 1. The maximum Gasteiger partial charge on any atom is 0.241 e. The van der Waals surface area contributed by atoms with E-state index in [1.54, 1.807) is 0 Å². The smallest absolute Gasteiger partial charge is 0.241 e. The van der Waals surface area contributed by atoms with E-state index in [0.717, 1.165) is 45.2 Å². The van der Waals surface area contributed by atoms with E-state index >= 15 is 0 Å². The summed E-state index contributed by atoms with van der Waals surface area (Å²) in [6.07, 6.45) is 5.72. The van der Waals surface area contributed by atoms with Crippen molar-refractivity contribution in [3.8, 4) is 0 Å². The fourth-order valence-corrected chi connectivity index (χ4v) is 3.53. The molecule has 2 aliphatic heterocycles. The number of amides is 1. The van der Waals surface area contributed by atoms with Crippen LogP contribution in [0, 0.1) is 5.92 Å². The third kappa shape index (κ3) is 3.53. The van der Waals surface area contributed by atoms with Crippen molar-refractivity contribution in [1.82, 2.24) is 15.1 Å². The minimum atomic E-state index is 0.0598. The van der Waals surface area contributed by atoms with Crippen LogP contribution in [0.5, 0.6) is 0 Å². The molecule has 0 aliphatic carbocycles. The molecule has 0 aromatic carbocycles. The van der Waals surface area contributed by atoms with Gasteiger partial charge in [0.05, 0.1) is 12.2 Å². The van der Waals surface area contributed by atoms with Crippen LogP contribution in [0.3, 0.4) is 0 Å². The number of rotatable bonds is 6. The van der Waals surface area contributed by atoms with E-state index in [-0.39, 0.29) is 12.2 Å². The first-order valence-electron chi connectivity index (χ1n) is 8.29. The lowest BCUT2D eigenvalue weighted by Gasteiger charge is -2.31. The van der Waals surface area contributed by atoms with Crippen molar-refractivity contribution in [2.24, 2.45) is 5.92 Å². The molecule has 0 spiro atoms. The molecule has 3 atom stereocenters. The number of unbranched alkanes of at least 4 members (excludes halogenated alkanes) is 1. The Labute approximate surface area is 123 Å². The number of likely N-dealkylation sites (tertiary alicyclic amines) is 1. The molecule has 4 nitrogen and oxygen atoms in total. The Hall–Kier alpha value is -0.610. The van der Waals surface area contributed by atoms with Crippen LogP contribution in [-0.2, 0) is 4.79 Å². The number of nitrogens with zero attached hydrogens (tertiary/aromatic N) is 2. The molecular weight excluding hydrogens is 250 g/mol. The predicted octanol–water partition coefficient (Wildman–Crippen LogP) is 2.05.